The Hall–Kier alpha value is -2.88. The number of fused-ring (bicyclic) bond motifs is 1. The molecule has 0 radical (unpaired) electrons. The summed E-state index contributed by atoms with van der Waals surface area (Å²) in [6.07, 6.45) is 1.52. The lowest BCUT2D eigenvalue weighted by Crippen LogP contribution is -2.46. The standard InChI is InChI=1S/C15H13FN4O2/c1-15(2)14(21)19-10-6-9(16)12(8(7-17)13(10)22-15)11-4-5-18-20(11)3/h4-6H,1-3H3,(H,19,21). The second kappa shape index (κ2) is 4.56. The van der Waals surface area contributed by atoms with Gasteiger partial charge in [-0.2, -0.15) is 10.4 Å². The van der Waals surface area contributed by atoms with Crippen LogP contribution in [0.4, 0.5) is 10.1 Å². The third-order valence-corrected chi connectivity index (χ3v) is 3.57. The highest BCUT2D eigenvalue weighted by atomic mass is 19.1. The summed E-state index contributed by atoms with van der Waals surface area (Å²) in [7, 11) is 1.65. The van der Waals surface area contributed by atoms with Crippen LogP contribution < -0.4 is 10.1 Å². The lowest BCUT2D eigenvalue weighted by Gasteiger charge is -2.32. The van der Waals surface area contributed by atoms with Crippen molar-refractivity contribution >= 4 is 11.6 Å². The molecule has 2 heterocycles. The normalized spacial score (nSPS) is 15.5. The van der Waals surface area contributed by atoms with Gasteiger partial charge in [-0.15, -0.1) is 0 Å². The Morgan fingerprint density at radius 2 is 2.23 bits per heavy atom. The molecule has 0 bridgehead atoms. The molecule has 7 heteroatoms. The van der Waals surface area contributed by atoms with E-state index in [1.807, 2.05) is 6.07 Å². The summed E-state index contributed by atoms with van der Waals surface area (Å²) >= 11 is 0. The molecule has 1 aromatic carbocycles. The summed E-state index contributed by atoms with van der Waals surface area (Å²) in [5.74, 6) is -0.844. The number of carbonyl (C=O) groups excluding carboxylic acids is 1. The van der Waals surface area contributed by atoms with Crippen LogP contribution >= 0.6 is 0 Å². The maximum absolute atomic E-state index is 14.5. The molecule has 3 rings (SSSR count). The third kappa shape index (κ3) is 1.92. The van der Waals surface area contributed by atoms with E-state index in [1.54, 1.807) is 27.0 Å². The minimum atomic E-state index is -1.14. The van der Waals surface area contributed by atoms with E-state index < -0.39 is 17.3 Å². The van der Waals surface area contributed by atoms with Crippen molar-refractivity contribution in [1.29, 1.82) is 5.26 Å². The number of halogens is 1. The Kier molecular flexibility index (Phi) is 2.92. The average Bonchev–Trinajstić information content (AvgIpc) is 2.85. The topological polar surface area (TPSA) is 79.9 Å². The molecule has 22 heavy (non-hydrogen) atoms. The molecule has 1 N–H and O–H groups in total. The van der Waals surface area contributed by atoms with E-state index in [9.17, 15) is 14.4 Å². The highest BCUT2D eigenvalue weighted by molar-refractivity contribution is 6.01. The van der Waals surface area contributed by atoms with Gasteiger partial charge in [-0.05, 0) is 19.9 Å². The molecule has 1 amide bonds. The summed E-state index contributed by atoms with van der Waals surface area (Å²) in [5, 5.41) is 16.1. The average molecular weight is 300 g/mol. The molecule has 0 saturated heterocycles. The van der Waals surface area contributed by atoms with Crippen molar-refractivity contribution in [2.24, 2.45) is 7.05 Å². The number of benzene rings is 1. The number of aromatic nitrogens is 2. The largest absolute Gasteiger partial charge is 0.474 e. The smallest absolute Gasteiger partial charge is 0.268 e. The third-order valence-electron chi connectivity index (χ3n) is 3.57. The minimum absolute atomic E-state index is 0.0340. The highest BCUT2D eigenvalue weighted by Crippen LogP contribution is 2.42. The molecule has 1 aromatic heterocycles. The summed E-state index contributed by atoms with van der Waals surface area (Å²) in [6.45, 7) is 3.17. The number of rotatable bonds is 1. The number of nitrogens with one attached hydrogen (secondary N) is 1. The quantitative estimate of drug-likeness (QED) is 0.875. The van der Waals surface area contributed by atoms with E-state index in [0.29, 0.717) is 5.69 Å². The van der Waals surface area contributed by atoms with Gasteiger partial charge in [0, 0.05) is 19.3 Å². The molecule has 0 aliphatic carbocycles. The molecule has 0 atom stereocenters. The van der Waals surface area contributed by atoms with Crippen molar-refractivity contribution in [3.8, 4) is 23.1 Å². The lowest BCUT2D eigenvalue weighted by atomic mass is 9.98. The van der Waals surface area contributed by atoms with E-state index in [1.165, 1.54) is 10.9 Å². The summed E-state index contributed by atoms with van der Waals surface area (Å²) in [4.78, 5) is 11.9. The first kappa shape index (κ1) is 14.1. The maximum Gasteiger partial charge on any atom is 0.268 e. The molecular weight excluding hydrogens is 287 g/mol. The van der Waals surface area contributed by atoms with Crippen LogP contribution in [0.3, 0.4) is 0 Å². The zero-order valence-corrected chi connectivity index (χ0v) is 12.3. The van der Waals surface area contributed by atoms with Crippen LogP contribution in [0.1, 0.15) is 19.4 Å². The number of carbonyl (C=O) groups is 1. The van der Waals surface area contributed by atoms with Gasteiger partial charge in [-0.3, -0.25) is 9.48 Å². The zero-order chi connectivity index (χ0) is 16.1. The van der Waals surface area contributed by atoms with Crippen molar-refractivity contribution in [3.63, 3.8) is 0 Å². The van der Waals surface area contributed by atoms with Gasteiger partial charge in [0.1, 0.15) is 17.4 Å². The Bertz CT molecular complexity index is 833. The number of nitriles is 1. The second-order valence-corrected chi connectivity index (χ2v) is 5.50. The summed E-state index contributed by atoms with van der Waals surface area (Å²) < 4.78 is 21.6. The number of aryl methyl sites for hydroxylation is 1. The summed E-state index contributed by atoms with van der Waals surface area (Å²) in [6, 6.07) is 4.74. The van der Waals surface area contributed by atoms with Gasteiger partial charge >= 0.3 is 0 Å². The van der Waals surface area contributed by atoms with Crippen molar-refractivity contribution in [2.75, 3.05) is 5.32 Å². The Balaban J connectivity index is 2.30. The van der Waals surface area contributed by atoms with Crippen LogP contribution in [-0.2, 0) is 11.8 Å². The van der Waals surface area contributed by atoms with E-state index in [2.05, 4.69) is 10.4 Å². The molecule has 0 fully saturated rings. The van der Waals surface area contributed by atoms with Crippen molar-refractivity contribution in [3.05, 3.63) is 29.7 Å². The van der Waals surface area contributed by atoms with E-state index >= 15 is 0 Å². The molecule has 1 aliphatic heterocycles. The highest BCUT2D eigenvalue weighted by Gasteiger charge is 2.38. The Labute approximate surface area is 126 Å². The van der Waals surface area contributed by atoms with Gasteiger partial charge < -0.3 is 10.1 Å². The molecule has 1 aliphatic rings. The van der Waals surface area contributed by atoms with Crippen molar-refractivity contribution in [1.82, 2.24) is 9.78 Å². The first-order valence-corrected chi connectivity index (χ1v) is 6.60. The second-order valence-electron chi connectivity index (χ2n) is 5.50. The first-order chi connectivity index (χ1) is 10.3. The molecule has 0 spiro atoms. The van der Waals surface area contributed by atoms with Gasteiger partial charge in [0.25, 0.3) is 5.91 Å². The number of ether oxygens (including phenoxy) is 1. The predicted molar refractivity (Wildman–Crippen MR) is 76.7 cm³/mol. The monoisotopic (exact) mass is 300 g/mol. The predicted octanol–water partition coefficient (Wildman–Crippen LogP) is 2.21. The van der Waals surface area contributed by atoms with Gasteiger partial charge in [-0.25, -0.2) is 4.39 Å². The molecule has 6 nitrogen and oxygen atoms in total. The zero-order valence-electron chi connectivity index (χ0n) is 12.3. The molecule has 0 unspecified atom stereocenters. The van der Waals surface area contributed by atoms with Crippen LogP contribution in [0.2, 0.25) is 0 Å². The number of anilines is 1. The Morgan fingerprint density at radius 1 is 1.50 bits per heavy atom. The van der Waals surface area contributed by atoms with Crippen LogP contribution in [0.25, 0.3) is 11.3 Å². The van der Waals surface area contributed by atoms with E-state index in [4.69, 9.17) is 4.74 Å². The number of hydrogen-bond donors (Lipinski definition) is 1. The minimum Gasteiger partial charge on any atom is -0.474 e. The molecule has 0 saturated carbocycles. The van der Waals surface area contributed by atoms with Crippen LogP contribution in [0.5, 0.6) is 5.75 Å². The maximum atomic E-state index is 14.5. The fraction of sp³-hybridized carbons (Fsp3) is 0.267. The SMILES string of the molecule is Cn1nccc1-c1c(F)cc2c(c1C#N)OC(C)(C)C(=O)N2. The van der Waals surface area contributed by atoms with Gasteiger partial charge in [0.05, 0.1) is 16.9 Å². The van der Waals surface area contributed by atoms with Gasteiger partial charge in [-0.1, -0.05) is 0 Å². The molecular formula is C15H13FN4O2. The number of nitrogens with zero attached hydrogens (tertiary/aromatic N) is 3. The molecule has 2 aromatic rings. The summed E-state index contributed by atoms with van der Waals surface area (Å²) in [5.41, 5.74) is -0.389. The fourth-order valence-electron chi connectivity index (χ4n) is 2.38. The first-order valence-electron chi connectivity index (χ1n) is 6.60. The van der Waals surface area contributed by atoms with Crippen LogP contribution in [-0.4, -0.2) is 21.3 Å². The van der Waals surface area contributed by atoms with Crippen LogP contribution in [0.15, 0.2) is 18.3 Å². The number of hydrogen-bond acceptors (Lipinski definition) is 4. The van der Waals surface area contributed by atoms with E-state index in [-0.39, 0.29) is 22.6 Å². The molecule has 112 valence electrons. The Morgan fingerprint density at radius 3 is 2.82 bits per heavy atom. The lowest BCUT2D eigenvalue weighted by molar-refractivity contribution is -0.129. The van der Waals surface area contributed by atoms with E-state index in [0.717, 1.165) is 6.07 Å². The van der Waals surface area contributed by atoms with Crippen LogP contribution in [0, 0.1) is 17.1 Å². The van der Waals surface area contributed by atoms with Gasteiger partial charge in [0.2, 0.25) is 0 Å². The van der Waals surface area contributed by atoms with Crippen molar-refractivity contribution < 1.29 is 13.9 Å². The van der Waals surface area contributed by atoms with Crippen molar-refractivity contribution in [2.45, 2.75) is 19.4 Å². The number of amides is 1. The van der Waals surface area contributed by atoms with Gasteiger partial charge in [0.15, 0.2) is 11.4 Å². The fourth-order valence-corrected chi connectivity index (χ4v) is 2.38.